The third-order valence-corrected chi connectivity index (χ3v) is 6.33. The number of fused-ring (bicyclic) bond motifs is 1. The smallest absolute Gasteiger partial charge is 0.322 e. The Kier molecular flexibility index (Phi) is 5.30. The zero-order valence-corrected chi connectivity index (χ0v) is 18.2. The number of amides is 4. The maximum absolute atomic E-state index is 12.9. The minimum absolute atomic E-state index is 0.145. The summed E-state index contributed by atoms with van der Waals surface area (Å²) >= 11 is 0. The molecule has 168 valence electrons. The van der Waals surface area contributed by atoms with Gasteiger partial charge in [0.05, 0.1) is 18.2 Å². The predicted octanol–water partition coefficient (Wildman–Crippen LogP) is 2.23. The summed E-state index contributed by atoms with van der Waals surface area (Å²) in [5.41, 5.74) is 3.48. The molecule has 2 unspecified atom stereocenters. The van der Waals surface area contributed by atoms with Gasteiger partial charge in [0.15, 0.2) is 0 Å². The number of aryl methyl sites for hydroxylation is 1. The second kappa shape index (κ2) is 8.29. The van der Waals surface area contributed by atoms with E-state index in [4.69, 9.17) is 4.74 Å². The molecule has 8 nitrogen and oxygen atoms in total. The van der Waals surface area contributed by atoms with Gasteiger partial charge >= 0.3 is 6.03 Å². The lowest BCUT2D eigenvalue weighted by Crippen LogP contribution is -2.66. The number of ether oxygens (including phenoxy) is 1. The maximum atomic E-state index is 12.9. The second-order valence-electron chi connectivity index (χ2n) is 8.54. The van der Waals surface area contributed by atoms with Gasteiger partial charge in [-0.25, -0.2) is 4.79 Å². The SMILES string of the molecule is Cc1cc(Cc2ccc(C(=O)NC3COCCC34NC(=O)NC4=O)cc2)c2ccccc2n1. The molecule has 1 spiro atoms. The summed E-state index contributed by atoms with van der Waals surface area (Å²) in [6.07, 6.45) is 1.02. The Morgan fingerprint density at radius 1 is 1.18 bits per heavy atom. The van der Waals surface area contributed by atoms with Crippen LogP contribution in [0.25, 0.3) is 10.9 Å². The molecule has 2 atom stereocenters. The van der Waals surface area contributed by atoms with E-state index in [0.717, 1.165) is 28.6 Å². The minimum Gasteiger partial charge on any atom is -0.379 e. The van der Waals surface area contributed by atoms with E-state index in [9.17, 15) is 14.4 Å². The van der Waals surface area contributed by atoms with Gasteiger partial charge in [-0.3, -0.25) is 19.9 Å². The lowest BCUT2D eigenvalue weighted by molar-refractivity contribution is -0.128. The van der Waals surface area contributed by atoms with Crippen LogP contribution < -0.4 is 16.0 Å². The van der Waals surface area contributed by atoms with E-state index >= 15 is 0 Å². The average Bonchev–Trinajstić information content (AvgIpc) is 3.08. The van der Waals surface area contributed by atoms with Crippen molar-refractivity contribution in [3.8, 4) is 0 Å². The van der Waals surface area contributed by atoms with Crippen molar-refractivity contribution in [2.75, 3.05) is 13.2 Å². The Morgan fingerprint density at radius 3 is 2.73 bits per heavy atom. The van der Waals surface area contributed by atoms with Gasteiger partial charge in [0.2, 0.25) is 0 Å². The van der Waals surface area contributed by atoms with Crippen LogP contribution in [0, 0.1) is 6.92 Å². The van der Waals surface area contributed by atoms with Crippen molar-refractivity contribution in [2.45, 2.75) is 31.3 Å². The van der Waals surface area contributed by atoms with E-state index in [1.807, 2.05) is 37.3 Å². The number of hydrogen-bond acceptors (Lipinski definition) is 5. The van der Waals surface area contributed by atoms with Crippen LogP contribution in [-0.4, -0.2) is 47.6 Å². The van der Waals surface area contributed by atoms with Crippen molar-refractivity contribution in [1.82, 2.24) is 20.9 Å². The van der Waals surface area contributed by atoms with Crippen molar-refractivity contribution >= 4 is 28.7 Å². The summed E-state index contributed by atoms with van der Waals surface area (Å²) in [6, 6.07) is 16.3. The van der Waals surface area contributed by atoms with Gasteiger partial charge in [-0.2, -0.15) is 0 Å². The van der Waals surface area contributed by atoms with Crippen LogP contribution >= 0.6 is 0 Å². The molecule has 1 aromatic heterocycles. The predicted molar refractivity (Wildman–Crippen MR) is 122 cm³/mol. The Bertz CT molecular complexity index is 1260. The van der Waals surface area contributed by atoms with Crippen LogP contribution in [0.3, 0.4) is 0 Å². The molecular formula is C25H24N4O4. The van der Waals surface area contributed by atoms with E-state index in [2.05, 4.69) is 33.1 Å². The van der Waals surface area contributed by atoms with Crippen LogP contribution in [0.2, 0.25) is 0 Å². The summed E-state index contributed by atoms with van der Waals surface area (Å²) in [6.45, 7) is 2.46. The highest BCUT2D eigenvalue weighted by molar-refractivity contribution is 6.08. The fraction of sp³-hybridized carbons (Fsp3) is 0.280. The third kappa shape index (κ3) is 3.93. The molecule has 0 saturated carbocycles. The summed E-state index contributed by atoms with van der Waals surface area (Å²) in [7, 11) is 0. The van der Waals surface area contributed by atoms with Crippen molar-refractivity contribution in [2.24, 2.45) is 0 Å². The van der Waals surface area contributed by atoms with E-state index in [-0.39, 0.29) is 12.5 Å². The zero-order chi connectivity index (χ0) is 23.0. The first-order valence-corrected chi connectivity index (χ1v) is 10.9. The number of rotatable bonds is 4. The van der Waals surface area contributed by atoms with Gasteiger partial charge in [-0.15, -0.1) is 0 Å². The van der Waals surface area contributed by atoms with Gasteiger partial charge in [0.25, 0.3) is 11.8 Å². The minimum atomic E-state index is -1.18. The number of benzene rings is 2. The molecule has 2 aliphatic heterocycles. The van der Waals surface area contributed by atoms with Crippen molar-refractivity contribution in [3.63, 3.8) is 0 Å². The summed E-state index contributed by atoms with van der Waals surface area (Å²) in [5, 5.41) is 8.94. The zero-order valence-electron chi connectivity index (χ0n) is 18.2. The van der Waals surface area contributed by atoms with E-state index in [1.54, 1.807) is 12.1 Å². The van der Waals surface area contributed by atoms with Gasteiger partial charge in [0, 0.05) is 29.7 Å². The number of aromatic nitrogens is 1. The average molecular weight is 444 g/mol. The number of imide groups is 1. The molecule has 33 heavy (non-hydrogen) atoms. The second-order valence-corrected chi connectivity index (χ2v) is 8.54. The fourth-order valence-electron chi connectivity index (χ4n) is 4.62. The number of carbonyl (C=O) groups excluding carboxylic acids is 3. The molecule has 2 saturated heterocycles. The van der Waals surface area contributed by atoms with Crippen molar-refractivity contribution in [3.05, 3.63) is 77.0 Å². The normalized spacial score (nSPS) is 22.3. The quantitative estimate of drug-likeness (QED) is 0.535. The lowest BCUT2D eigenvalue weighted by atomic mass is 9.85. The van der Waals surface area contributed by atoms with E-state index < -0.39 is 23.5 Å². The molecule has 3 aromatic rings. The number of carbonyl (C=O) groups is 3. The first-order valence-electron chi connectivity index (χ1n) is 10.9. The van der Waals surface area contributed by atoms with Crippen LogP contribution in [-0.2, 0) is 16.0 Å². The Morgan fingerprint density at radius 2 is 1.97 bits per heavy atom. The largest absolute Gasteiger partial charge is 0.379 e. The topological polar surface area (TPSA) is 109 Å². The van der Waals surface area contributed by atoms with Crippen LogP contribution in [0.1, 0.15) is 33.6 Å². The van der Waals surface area contributed by atoms with Crippen LogP contribution in [0.5, 0.6) is 0 Å². The number of nitrogens with zero attached hydrogens (tertiary/aromatic N) is 1. The lowest BCUT2D eigenvalue weighted by Gasteiger charge is -2.38. The first-order chi connectivity index (χ1) is 15.9. The first kappa shape index (κ1) is 21.1. The Labute approximate surface area is 190 Å². The molecule has 0 bridgehead atoms. The fourth-order valence-corrected chi connectivity index (χ4v) is 4.62. The van der Waals surface area contributed by atoms with Crippen molar-refractivity contribution in [1.29, 1.82) is 0 Å². The Hall–Kier alpha value is -3.78. The Balaban J connectivity index is 1.32. The molecule has 3 N–H and O–H groups in total. The van der Waals surface area contributed by atoms with Crippen molar-refractivity contribution < 1.29 is 19.1 Å². The van der Waals surface area contributed by atoms with Gasteiger partial charge < -0.3 is 15.4 Å². The molecule has 2 aromatic carbocycles. The van der Waals surface area contributed by atoms with Gasteiger partial charge in [-0.1, -0.05) is 30.3 Å². The van der Waals surface area contributed by atoms with Gasteiger partial charge in [-0.05, 0) is 48.7 Å². The number of nitrogens with one attached hydrogen (secondary N) is 3. The molecule has 0 aliphatic carbocycles. The summed E-state index contributed by atoms with van der Waals surface area (Å²) in [5.74, 6) is -0.758. The molecular weight excluding hydrogens is 420 g/mol. The highest BCUT2D eigenvalue weighted by Gasteiger charge is 2.54. The molecule has 3 heterocycles. The molecule has 2 fully saturated rings. The van der Waals surface area contributed by atoms with E-state index in [0.29, 0.717) is 18.6 Å². The van der Waals surface area contributed by atoms with E-state index in [1.165, 1.54) is 5.56 Å². The molecule has 2 aliphatic rings. The molecule has 8 heteroatoms. The molecule has 5 rings (SSSR count). The summed E-state index contributed by atoms with van der Waals surface area (Å²) in [4.78, 5) is 41.6. The summed E-state index contributed by atoms with van der Waals surface area (Å²) < 4.78 is 5.47. The van der Waals surface area contributed by atoms with Crippen LogP contribution in [0.15, 0.2) is 54.6 Å². The maximum Gasteiger partial charge on any atom is 0.322 e. The number of urea groups is 1. The molecule has 4 amide bonds. The van der Waals surface area contributed by atoms with Crippen LogP contribution in [0.4, 0.5) is 4.79 Å². The highest BCUT2D eigenvalue weighted by atomic mass is 16.5. The van der Waals surface area contributed by atoms with Gasteiger partial charge in [0.1, 0.15) is 5.54 Å². The number of pyridine rings is 1. The monoisotopic (exact) mass is 444 g/mol. The number of para-hydroxylation sites is 1. The highest BCUT2D eigenvalue weighted by Crippen LogP contribution is 2.25. The molecule has 0 radical (unpaired) electrons. The standard InChI is InChI=1S/C25H24N4O4/c1-15-12-18(19-4-2-3-5-20(19)26-15)13-16-6-8-17(9-7-16)22(30)27-21-14-33-11-10-25(21)23(31)28-24(32)29-25/h2-9,12,21H,10-11,13-14H2,1H3,(H,27,30)(H2,28,29,31,32). The number of hydrogen-bond donors (Lipinski definition) is 3. The third-order valence-electron chi connectivity index (χ3n) is 6.33.